The monoisotopic (exact) mass is 419 g/mol. The molecule has 5 nitrogen and oxygen atoms in total. The first kappa shape index (κ1) is 18.5. The van der Waals surface area contributed by atoms with Crippen molar-refractivity contribution in [1.82, 2.24) is 19.7 Å². The van der Waals surface area contributed by atoms with Crippen molar-refractivity contribution < 1.29 is 8.78 Å². The second-order valence-electron chi connectivity index (χ2n) is 9.33. The van der Waals surface area contributed by atoms with Crippen LogP contribution in [0.25, 0.3) is 27.7 Å². The first-order chi connectivity index (χ1) is 14.8. The lowest BCUT2D eigenvalue weighted by molar-refractivity contribution is 0.522. The van der Waals surface area contributed by atoms with E-state index >= 15 is 4.39 Å². The number of nitrogens with one attached hydrogen (secondary N) is 2. The maximum atomic E-state index is 16.2. The second kappa shape index (κ2) is 5.93. The van der Waals surface area contributed by atoms with Crippen LogP contribution in [0, 0.1) is 25.5 Å². The minimum absolute atomic E-state index is 0.362. The third-order valence-electron chi connectivity index (χ3n) is 6.57. The molecule has 0 spiro atoms. The summed E-state index contributed by atoms with van der Waals surface area (Å²) < 4.78 is 32.6. The number of aromatic amines is 1. The van der Waals surface area contributed by atoms with E-state index in [1.165, 1.54) is 6.07 Å². The van der Waals surface area contributed by atoms with E-state index in [9.17, 15) is 4.39 Å². The Kier molecular flexibility index (Phi) is 3.55. The van der Waals surface area contributed by atoms with Crippen LogP contribution >= 0.6 is 0 Å². The number of aromatic nitrogens is 4. The fourth-order valence-corrected chi connectivity index (χ4v) is 4.91. The molecular formula is C24H23F2N5. The molecule has 2 aromatic carbocycles. The molecule has 2 aromatic heterocycles. The van der Waals surface area contributed by atoms with Gasteiger partial charge >= 0.3 is 0 Å². The van der Waals surface area contributed by atoms with Crippen molar-refractivity contribution in [3.8, 4) is 16.8 Å². The van der Waals surface area contributed by atoms with E-state index in [-0.39, 0.29) is 5.82 Å². The Balaban J connectivity index is 1.66. The Morgan fingerprint density at radius 1 is 1.06 bits per heavy atom. The van der Waals surface area contributed by atoms with E-state index in [1.807, 2.05) is 33.9 Å². The van der Waals surface area contributed by atoms with Crippen molar-refractivity contribution in [2.24, 2.45) is 0 Å². The highest BCUT2D eigenvalue weighted by molar-refractivity contribution is 5.98. The summed E-state index contributed by atoms with van der Waals surface area (Å²) in [6.07, 6.45) is 4.17. The summed E-state index contributed by atoms with van der Waals surface area (Å²) in [5.41, 5.74) is 4.25. The van der Waals surface area contributed by atoms with Gasteiger partial charge in [0.2, 0.25) is 0 Å². The predicted molar refractivity (Wildman–Crippen MR) is 117 cm³/mol. The summed E-state index contributed by atoms with van der Waals surface area (Å²) in [5.74, 6) is 0.948. The molecule has 0 unspecified atom stereocenters. The van der Waals surface area contributed by atoms with E-state index in [1.54, 1.807) is 16.7 Å². The normalized spacial score (nSPS) is 16.8. The van der Waals surface area contributed by atoms with Crippen molar-refractivity contribution >= 4 is 16.6 Å². The molecule has 1 saturated carbocycles. The van der Waals surface area contributed by atoms with Gasteiger partial charge in [-0.3, -0.25) is 4.57 Å². The third kappa shape index (κ3) is 2.52. The smallest absolute Gasteiger partial charge is 0.162 e. The topological polar surface area (TPSA) is 58.5 Å². The minimum atomic E-state index is -0.502. The number of anilines is 1. The van der Waals surface area contributed by atoms with Gasteiger partial charge in [-0.25, -0.2) is 8.78 Å². The summed E-state index contributed by atoms with van der Waals surface area (Å²) >= 11 is 0. The number of benzene rings is 2. The van der Waals surface area contributed by atoms with Gasteiger partial charge in [0, 0.05) is 22.7 Å². The van der Waals surface area contributed by atoms with Crippen LogP contribution in [0.15, 0.2) is 24.4 Å². The number of H-pyrrole nitrogens is 1. The molecule has 7 heteroatoms. The first-order valence-corrected chi connectivity index (χ1v) is 10.6. The molecule has 3 heterocycles. The lowest BCUT2D eigenvalue weighted by Gasteiger charge is -2.35. The lowest BCUT2D eigenvalue weighted by atomic mass is 9.93. The van der Waals surface area contributed by atoms with Crippen LogP contribution in [-0.2, 0) is 5.54 Å². The number of hydrogen-bond donors (Lipinski definition) is 2. The maximum Gasteiger partial charge on any atom is 0.162 e. The Hall–Kier alpha value is -3.22. The number of fused-ring (bicyclic) bond motifs is 4. The van der Waals surface area contributed by atoms with Gasteiger partial charge in [-0.15, -0.1) is 10.2 Å². The van der Waals surface area contributed by atoms with Crippen molar-refractivity contribution in [3.63, 3.8) is 0 Å². The van der Waals surface area contributed by atoms with Crippen molar-refractivity contribution in [3.05, 3.63) is 58.8 Å². The van der Waals surface area contributed by atoms with E-state index in [2.05, 4.69) is 20.5 Å². The Morgan fingerprint density at radius 3 is 2.58 bits per heavy atom. The predicted octanol–water partition coefficient (Wildman–Crippen LogP) is 5.85. The first-order valence-electron chi connectivity index (χ1n) is 10.6. The Labute approximate surface area is 178 Å². The molecule has 2 N–H and O–H groups in total. The third-order valence-corrected chi connectivity index (χ3v) is 6.57. The average molecular weight is 419 g/mol. The number of rotatable bonds is 2. The van der Waals surface area contributed by atoms with Crippen LogP contribution < -0.4 is 5.32 Å². The molecule has 158 valence electrons. The highest BCUT2D eigenvalue weighted by Crippen LogP contribution is 2.47. The van der Waals surface area contributed by atoms with E-state index < -0.39 is 11.4 Å². The zero-order chi connectivity index (χ0) is 21.7. The number of nitrogens with zero attached hydrogens (tertiary/aromatic N) is 3. The minimum Gasteiger partial charge on any atom is -0.371 e. The second-order valence-corrected chi connectivity index (χ2v) is 9.33. The van der Waals surface area contributed by atoms with E-state index in [4.69, 9.17) is 0 Å². The van der Waals surface area contributed by atoms with Gasteiger partial charge in [-0.2, -0.15) is 0 Å². The van der Waals surface area contributed by atoms with Crippen molar-refractivity contribution in [2.45, 2.75) is 52.0 Å². The van der Waals surface area contributed by atoms with E-state index in [0.29, 0.717) is 40.1 Å². The fraction of sp³-hybridized carbons (Fsp3) is 0.333. The SMILES string of the molecule is Cc1cc(-c2cc(F)cc3c(C4CC4)c[nH]c23)c(F)c2c1NC(C)(C)c1nnc(C)n1-2. The van der Waals surface area contributed by atoms with Crippen LogP contribution in [0.4, 0.5) is 14.5 Å². The van der Waals surface area contributed by atoms with Crippen molar-refractivity contribution in [2.75, 3.05) is 5.32 Å². The van der Waals surface area contributed by atoms with Gasteiger partial charge in [0.05, 0.1) is 16.7 Å². The lowest BCUT2D eigenvalue weighted by Crippen LogP contribution is -2.36. The van der Waals surface area contributed by atoms with Crippen LogP contribution in [0.2, 0.25) is 0 Å². The molecule has 0 saturated heterocycles. The highest BCUT2D eigenvalue weighted by atomic mass is 19.1. The van der Waals surface area contributed by atoms with Crippen LogP contribution in [0.5, 0.6) is 0 Å². The van der Waals surface area contributed by atoms with Gasteiger partial charge in [-0.1, -0.05) is 0 Å². The van der Waals surface area contributed by atoms with Crippen molar-refractivity contribution in [1.29, 1.82) is 0 Å². The van der Waals surface area contributed by atoms with E-state index in [0.717, 1.165) is 34.9 Å². The molecule has 1 aliphatic carbocycles. The van der Waals surface area contributed by atoms with Gasteiger partial charge < -0.3 is 10.3 Å². The van der Waals surface area contributed by atoms with Crippen LogP contribution in [0.3, 0.4) is 0 Å². The fourth-order valence-electron chi connectivity index (χ4n) is 4.91. The average Bonchev–Trinajstić information content (AvgIpc) is 3.34. The molecule has 6 rings (SSSR count). The van der Waals surface area contributed by atoms with Crippen LogP contribution in [0.1, 0.15) is 55.4 Å². The zero-order valence-electron chi connectivity index (χ0n) is 17.9. The number of halogens is 2. The molecule has 0 amide bonds. The molecule has 0 atom stereocenters. The summed E-state index contributed by atoms with van der Waals surface area (Å²) in [6.45, 7) is 7.75. The maximum absolute atomic E-state index is 16.2. The van der Waals surface area contributed by atoms with Gasteiger partial charge in [-0.05, 0) is 75.8 Å². The van der Waals surface area contributed by atoms with Crippen LogP contribution in [-0.4, -0.2) is 19.7 Å². The number of hydrogen-bond acceptors (Lipinski definition) is 3. The summed E-state index contributed by atoms with van der Waals surface area (Å²) in [4.78, 5) is 3.29. The standard InChI is InChI=1S/C24H23F2N5/c1-11-7-15(16-8-14(25)9-17-18(13-5-6-13)10-27-21(16)17)19(26)22-20(11)28-24(3,4)23-30-29-12(2)31(22)23/h7-10,13,27-28H,5-6H2,1-4H3. The van der Waals surface area contributed by atoms with Gasteiger partial charge in [0.1, 0.15) is 17.3 Å². The molecular weight excluding hydrogens is 396 g/mol. The molecule has 0 radical (unpaired) electrons. The van der Waals surface area contributed by atoms with Gasteiger partial charge in [0.15, 0.2) is 11.6 Å². The largest absolute Gasteiger partial charge is 0.371 e. The molecule has 1 fully saturated rings. The summed E-state index contributed by atoms with van der Waals surface area (Å²) in [7, 11) is 0. The summed E-state index contributed by atoms with van der Waals surface area (Å²) in [5, 5.41) is 12.8. The molecule has 0 bridgehead atoms. The van der Waals surface area contributed by atoms with Gasteiger partial charge in [0.25, 0.3) is 0 Å². The zero-order valence-corrected chi connectivity index (χ0v) is 17.9. The molecule has 2 aliphatic rings. The Bertz CT molecular complexity index is 1390. The highest BCUT2D eigenvalue weighted by Gasteiger charge is 2.37. The molecule has 31 heavy (non-hydrogen) atoms. The molecule has 1 aliphatic heterocycles. The quantitative estimate of drug-likeness (QED) is 0.429. The summed E-state index contributed by atoms with van der Waals surface area (Å²) in [6, 6.07) is 4.77. The Morgan fingerprint density at radius 2 is 1.84 bits per heavy atom. The molecule has 4 aromatic rings. The number of aryl methyl sites for hydroxylation is 2.